The summed E-state index contributed by atoms with van der Waals surface area (Å²) in [6.45, 7) is 2.25. The van der Waals surface area contributed by atoms with Gasteiger partial charge in [-0.3, -0.25) is 4.79 Å². The van der Waals surface area contributed by atoms with Crippen molar-refractivity contribution in [1.82, 2.24) is 4.90 Å². The van der Waals surface area contributed by atoms with Crippen molar-refractivity contribution in [2.75, 3.05) is 32.0 Å². The average molecular weight is 297 g/mol. The number of carbonyl (C=O) groups excluding carboxylic acids is 1. The van der Waals surface area contributed by atoms with E-state index in [0.29, 0.717) is 42.6 Å². The van der Waals surface area contributed by atoms with Crippen LogP contribution in [0.5, 0.6) is 0 Å². The Morgan fingerprint density at radius 3 is 2.80 bits per heavy atom. The number of nitrogen functional groups attached to an aromatic ring is 1. The van der Waals surface area contributed by atoms with E-state index in [1.807, 2.05) is 0 Å². The number of anilines is 1. The van der Waals surface area contributed by atoms with Crippen LogP contribution in [0.25, 0.3) is 0 Å². The fourth-order valence-electron chi connectivity index (χ4n) is 2.82. The van der Waals surface area contributed by atoms with Gasteiger partial charge in [0.15, 0.2) is 5.79 Å². The van der Waals surface area contributed by atoms with Crippen LogP contribution in [0, 0.1) is 0 Å². The SMILES string of the molecule is Nc1cccc(Cl)c1C(=O)N1CCCC2(C1)OCCO2. The highest BCUT2D eigenvalue weighted by Crippen LogP contribution is 2.32. The molecule has 0 atom stereocenters. The maximum absolute atomic E-state index is 12.6. The smallest absolute Gasteiger partial charge is 0.257 e. The molecule has 5 nitrogen and oxygen atoms in total. The Labute approximate surface area is 122 Å². The third-order valence-corrected chi connectivity index (χ3v) is 4.09. The van der Waals surface area contributed by atoms with Crippen molar-refractivity contribution in [3.63, 3.8) is 0 Å². The summed E-state index contributed by atoms with van der Waals surface area (Å²) in [4.78, 5) is 14.3. The summed E-state index contributed by atoms with van der Waals surface area (Å²) in [5, 5.41) is 0.378. The minimum absolute atomic E-state index is 0.161. The van der Waals surface area contributed by atoms with Crippen LogP contribution in [0.4, 0.5) is 5.69 Å². The molecular formula is C14H17ClN2O3. The third-order valence-electron chi connectivity index (χ3n) is 3.78. The monoisotopic (exact) mass is 296 g/mol. The van der Waals surface area contributed by atoms with E-state index < -0.39 is 5.79 Å². The fraction of sp³-hybridized carbons (Fsp3) is 0.500. The normalized spacial score (nSPS) is 21.4. The van der Waals surface area contributed by atoms with Crippen molar-refractivity contribution < 1.29 is 14.3 Å². The Kier molecular flexibility index (Phi) is 3.58. The van der Waals surface area contributed by atoms with Gasteiger partial charge in [0.05, 0.1) is 30.3 Å². The summed E-state index contributed by atoms with van der Waals surface area (Å²) in [6, 6.07) is 5.09. The standard InChI is InChI=1S/C14H17ClN2O3/c15-10-3-1-4-11(16)12(10)13(18)17-6-2-5-14(9-17)19-7-8-20-14/h1,3-4H,2,5-9,16H2. The maximum Gasteiger partial charge on any atom is 0.257 e. The number of benzene rings is 1. The number of nitrogens with zero attached hydrogens (tertiary/aromatic N) is 1. The summed E-state index contributed by atoms with van der Waals surface area (Å²) in [5.74, 6) is -0.796. The molecule has 0 unspecified atom stereocenters. The molecule has 20 heavy (non-hydrogen) atoms. The van der Waals surface area contributed by atoms with E-state index in [-0.39, 0.29) is 5.91 Å². The molecular weight excluding hydrogens is 280 g/mol. The first-order valence-electron chi connectivity index (χ1n) is 6.72. The highest BCUT2D eigenvalue weighted by molar-refractivity contribution is 6.34. The topological polar surface area (TPSA) is 64.8 Å². The van der Waals surface area contributed by atoms with E-state index in [9.17, 15) is 4.79 Å². The minimum atomic E-state index is -0.635. The number of halogens is 1. The number of rotatable bonds is 1. The van der Waals surface area contributed by atoms with Crippen LogP contribution in [0.15, 0.2) is 18.2 Å². The first kappa shape index (κ1) is 13.7. The predicted octanol–water partition coefficient (Wildman–Crippen LogP) is 1.90. The molecule has 0 radical (unpaired) electrons. The molecule has 2 N–H and O–H groups in total. The Morgan fingerprint density at radius 2 is 2.10 bits per heavy atom. The zero-order valence-electron chi connectivity index (χ0n) is 11.1. The van der Waals surface area contributed by atoms with Gasteiger partial charge in [-0.1, -0.05) is 17.7 Å². The molecule has 2 fully saturated rings. The van der Waals surface area contributed by atoms with Crippen LogP contribution in [0.3, 0.4) is 0 Å². The third kappa shape index (κ3) is 2.37. The second-order valence-electron chi connectivity index (χ2n) is 5.14. The van der Waals surface area contributed by atoms with E-state index in [1.54, 1.807) is 23.1 Å². The summed E-state index contributed by atoms with van der Waals surface area (Å²) < 4.78 is 11.4. The highest BCUT2D eigenvalue weighted by Gasteiger charge is 2.42. The lowest BCUT2D eigenvalue weighted by Gasteiger charge is -2.38. The Balaban J connectivity index is 1.83. The zero-order valence-corrected chi connectivity index (χ0v) is 11.9. The van der Waals surface area contributed by atoms with Gasteiger partial charge in [0.1, 0.15) is 0 Å². The van der Waals surface area contributed by atoms with Gasteiger partial charge < -0.3 is 20.1 Å². The van der Waals surface area contributed by atoms with Crippen LogP contribution in [0.1, 0.15) is 23.2 Å². The Hall–Kier alpha value is -1.30. The molecule has 1 amide bonds. The van der Waals surface area contributed by atoms with Crippen molar-refractivity contribution in [2.24, 2.45) is 0 Å². The van der Waals surface area contributed by atoms with Crippen LogP contribution in [-0.4, -0.2) is 42.9 Å². The van der Waals surface area contributed by atoms with Crippen LogP contribution in [-0.2, 0) is 9.47 Å². The van der Waals surface area contributed by atoms with Gasteiger partial charge in [-0.25, -0.2) is 0 Å². The van der Waals surface area contributed by atoms with E-state index in [2.05, 4.69) is 0 Å². The number of hydrogen-bond acceptors (Lipinski definition) is 4. The number of ether oxygens (including phenoxy) is 2. The second kappa shape index (κ2) is 5.24. The zero-order chi connectivity index (χ0) is 14.2. The Bertz CT molecular complexity index is 509. The molecule has 1 aromatic carbocycles. The number of carbonyl (C=O) groups is 1. The van der Waals surface area contributed by atoms with E-state index >= 15 is 0 Å². The van der Waals surface area contributed by atoms with Crippen LogP contribution >= 0.6 is 11.6 Å². The molecule has 0 aliphatic carbocycles. The van der Waals surface area contributed by atoms with Crippen molar-refractivity contribution in [1.29, 1.82) is 0 Å². The summed E-state index contributed by atoms with van der Waals surface area (Å²) in [6.07, 6.45) is 1.66. The fourth-order valence-corrected chi connectivity index (χ4v) is 3.08. The number of hydrogen-bond donors (Lipinski definition) is 1. The lowest BCUT2D eigenvalue weighted by Crippen LogP contribution is -2.51. The molecule has 1 spiro atoms. The number of nitrogens with two attached hydrogens (primary N) is 1. The molecule has 2 saturated heterocycles. The number of amides is 1. The first-order chi connectivity index (χ1) is 9.61. The maximum atomic E-state index is 12.6. The molecule has 0 saturated carbocycles. The number of likely N-dealkylation sites (tertiary alicyclic amines) is 1. The van der Waals surface area contributed by atoms with Gasteiger partial charge in [0, 0.05) is 18.7 Å². The summed E-state index contributed by atoms with van der Waals surface area (Å²) >= 11 is 6.10. The van der Waals surface area contributed by atoms with Crippen LogP contribution < -0.4 is 5.73 Å². The molecule has 6 heteroatoms. The molecule has 0 aromatic heterocycles. The molecule has 2 aliphatic rings. The van der Waals surface area contributed by atoms with Gasteiger partial charge in [-0.05, 0) is 18.6 Å². The molecule has 3 rings (SSSR count). The average Bonchev–Trinajstić information content (AvgIpc) is 2.86. The summed E-state index contributed by atoms with van der Waals surface area (Å²) in [5.41, 5.74) is 6.64. The van der Waals surface area contributed by atoms with Gasteiger partial charge in [0.2, 0.25) is 0 Å². The lowest BCUT2D eigenvalue weighted by atomic mass is 10.0. The summed E-state index contributed by atoms with van der Waals surface area (Å²) in [7, 11) is 0. The molecule has 1 aromatic rings. The van der Waals surface area contributed by atoms with E-state index in [4.69, 9.17) is 26.8 Å². The Morgan fingerprint density at radius 1 is 1.35 bits per heavy atom. The lowest BCUT2D eigenvalue weighted by molar-refractivity contribution is -0.183. The second-order valence-corrected chi connectivity index (χ2v) is 5.55. The molecule has 108 valence electrons. The van der Waals surface area contributed by atoms with Crippen LogP contribution in [0.2, 0.25) is 5.02 Å². The quantitative estimate of drug-likeness (QED) is 0.804. The van der Waals surface area contributed by atoms with Gasteiger partial charge in [-0.15, -0.1) is 0 Å². The largest absolute Gasteiger partial charge is 0.398 e. The minimum Gasteiger partial charge on any atom is -0.398 e. The molecule has 2 aliphatic heterocycles. The van der Waals surface area contributed by atoms with Gasteiger partial charge in [-0.2, -0.15) is 0 Å². The van der Waals surface area contributed by atoms with Crippen molar-refractivity contribution in [3.8, 4) is 0 Å². The van der Waals surface area contributed by atoms with Crippen molar-refractivity contribution in [3.05, 3.63) is 28.8 Å². The van der Waals surface area contributed by atoms with E-state index in [0.717, 1.165) is 12.8 Å². The number of piperidine rings is 1. The predicted molar refractivity (Wildman–Crippen MR) is 75.6 cm³/mol. The van der Waals surface area contributed by atoms with Crippen molar-refractivity contribution in [2.45, 2.75) is 18.6 Å². The first-order valence-corrected chi connectivity index (χ1v) is 7.10. The van der Waals surface area contributed by atoms with Gasteiger partial charge >= 0.3 is 0 Å². The van der Waals surface area contributed by atoms with Crippen molar-refractivity contribution >= 4 is 23.2 Å². The van der Waals surface area contributed by atoms with Gasteiger partial charge in [0.25, 0.3) is 5.91 Å². The van der Waals surface area contributed by atoms with E-state index in [1.165, 1.54) is 0 Å². The highest BCUT2D eigenvalue weighted by atomic mass is 35.5. The molecule has 0 bridgehead atoms. The molecule has 2 heterocycles.